The van der Waals surface area contributed by atoms with Crippen LogP contribution in [0.15, 0.2) is 66.7 Å². The predicted octanol–water partition coefficient (Wildman–Crippen LogP) is 6.49. The van der Waals surface area contributed by atoms with Crippen molar-refractivity contribution in [3.05, 3.63) is 83.4 Å². The Morgan fingerprint density at radius 2 is 1.52 bits per heavy atom. The van der Waals surface area contributed by atoms with E-state index < -0.39 is 0 Å². The second kappa shape index (κ2) is 12.1. The number of ether oxygens (including phenoxy) is 1. The summed E-state index contributed by atoms with van der Waals surface area (Å²) in [6.07, 6.45) is 1.14. The minimum atomic E-state index is -0.0977. The maximum atomic E-state index is 12.4. The van der Waals surface area contributed by atoms with Crippen LogP contribution in [0.3, 0.4) is 0 Å². The highest BCUT2D eigenvalue weighted by molar-refractivity contribution is 7.99. The summed E-state index contributed by atoms with van der Waals surface area (Å²) in [5.74, 6) is 2.26. The second-order valence-electron chi connectivity index (χ2n) is 7.94. The van der Waals surface area contributed by atoms with Crippen molar-refractivity contribution in [3.63, 3.8) is 0 Å². The molecule has 0 saturated heterocycles. The molecule has 0 unspecified atom stereocenters. The van der Waals surface area contributed by atoms with Crippen molar-refractivity contribution in [1.82, 2.24) is 0 Å². The van der Waals surface area contributed by atoms with Crippen LogP contribution >= 0.6 is 11.8 Å². The van der Waals surface area contributed by atoms with Crippen molar-refractivity contribution in [3.8, 4) is 11.5 Å². The summed E-state index contributed by atoms with van der Waals surface area (Å²) in [5.41, 5.74) is 4.86. The zero-order chi connectivity index (χ0) is 23.6. The van der Waals surface area contributed by atoms with Crippen LogP contribution in [0.2, 0.25) is 0 Å². The predicted molar refractivity (Wildman–Crippen MR) is 137 cm³/mol. The number of aryl methyl sites for hydroxylation is 3. The number of benzene rings is 3. The van der Waals surface area contributed by atoms with Gasteiger partial charge < -0.3 is 15.4 Å². The summed E-state index contributed by atoms with van der Waals surface area (Å²) < 4.78 is 5.89. The van der Waals surface area contributed by atoms with E-state index in [2.05, 4.69) is 22.8 Å². The number of hydrogen-bond donors (Lipinski definition) is 2. The van der Waals surface area contributed by atoms with E-state index in [9.17, 15) is 9.59 Å². The monoisotopic (exact) mass is 462 g/mol. The van der Waals surface area contributed by atoms with Crippen molar-refractivity contribution in [1.29, 1.82) is 0 Å². The third-order valence-corrected chi connectivity index (χ3v) is 6.04. The Morgan fingerprint density at radius 1 is 0.848 bits per heavy atom. The molecule has 172 valence electrons. The molecule has 2 N–H and O–H groups in total. The molecule has 0 aliphatic heterocycles. The molecule has 0 aliphatic carbocycles. The van der Waals surface area contributed by atoms with Crippen LogP contribution in [0.1, 0.15) is 29.5 Å². The van der Waals surface area contributed by atoms with Gasteiger partial charge >= 0.3 is 0 Å². The molecule has 0 aromatic heterocycles. The lowest BCUT2D eigenvalue weighted by atomic mass is 10.0. The Bertz CT molecular complexity index is 1080. The third kappa shape index (κ3) is 7.68. The Kier molecular flexibility index (Phi) is 8.95. The molecule has 0 spiro atoms. The zero-order valence-electron chi connectivity index (χ0n) is 19.3. The number of nitrogens with one attached hydrogen (secondary N) is 2. The van der Waals surface area contributed by atoms with E-state index in [1.54, 1.807) is 0 Å². The molecule has 0 atom stereocenters. The van der Waals surface area contributed by atoms with Gasteiger partial charge in [-0.25, -0.2) is 0 Å². The van der Waals surface area contributed by atoms with Gasteiger partial charge in [0.15, 0.2) is 5.75 Å². The summed E-state index contributed by atoms with van der Waals surface area (Å²) >= 11 is 1.51. The van der Waals surface area contributed by atoms with Gasteiger partial charge in [0.2, 0.25) is 11.8 Å². The van der Waals surface area contributed by atoms with Gasteiger partial charge in [-0.3, -0.25) is 9.59 Å². The minimum absolute atomic E-state index is 0.00194. The number of thioether (sulfide) groups is 1. The van der Waals surface area contributed by atoms with Crippen LogP contribution in [-0.4, -0.2) is 23.3 Å². The average molecular weight is 463 g/mol. The molecule has 3 aromatic rings. The molecule has 3 rings (SSSR count). The van der Waals surface area contributed by atoms with E-state index in [1.807, 2.05) is 75.4 Å². The molecule has 2 amide bonds. The zero-order valence-corrected chi connectivity index (χ0v) is 20.1. The van der Waals surface area contributed by atoms with Crippen LogP contribution in [0, 0.1) is 20.8 Å². The van der Waals surface area contributed by atoms with Crippen molar-refractivity contribution in [2.45, 2.75) is 33.6 Å². The number of anilines is 2. The molecule has 0 saturated carbocycles. The fourth-order valence-corrected chi connectivity index (χ4v) is 4.29. The third-order valence-electron chi connectivity index (χ3n) is 5.00. The number of para-hydroxylation sites is 3. The van der Waals surface area contributed by atoms with Gasteiger partial charge in [0, 0.05) is 12.1 Å². The van der Waals surface area contributed by atoms with Crippen molar-refractivity contribution < 1.29 is 14.3 Å². The summed E-state index contributed by atoms with van der Waals surface area (Å²) in [4.78, 5) is 24.7. The van der Waals surface area contributed by atoms with E-state index in [4.69, 9.17) is 4.74 Å². The van der Waals surface area contributed by atoms with Crippen LogP contribution in [0.4, 0.5) is 11.4 Å². The van der Waals surface area contributed by atoms with Crippen LogP contribution in [-0.2, 0) is 9.59 Å². The standard InChI is InChI=1S/C27H30N2O3S/c1-19-16-20(2)27(21(3)17-19)29-25(30)14-9-15-33-18-26(31)28-23-12-7-8-13-24(23)32-22-10-5-4-6-11-22/h4-8,10-13,16-17H,9,14-15,18H2,1-3H3,(H,28,31)(H,29,30). The smallest absolute Gasteiger partial charge is 0.234 e. The van der Waals surface area contributed by atoms with E-state index in [-0.39, 0.29) is 11.8 Å². The highest BCUT2D eigenvalue weighted by Crippen LogP contribution is 2.29. The first-order valence-electron chi connectivity index (χ1n) is 11.0. The maximum Gasteiger partial charge on any atom is 0.234 e. The lowest BCUT2D eigenvalue weighted by molar-refractivity contribution is -0.116. The molecule has 0 fully saturated rings. The SMILES string of the molecule is Cc1cc(C)c(NC(=O)CCCSCC(=O)Nc2ccccc2Oc2ccccc2)c(C)c1. The van der Waals surface area contributed by atoms with E-state index in [1.165, 1.54) is 17.3 Å². The van der Waals surface area contributed by atoms with Crippen LogP contribution in [0.25, 0.3) is 0 Å². The molecule has 3 aromatic carbocycles. The maximum absolute atomic E-state index is 12.4. The molecular formula is C27H30N2O3S. The number of amides is 2. The summed E-state index contributed by atoms with van der Waals surface area (Å²) in [5, 5.41) is 5.94. The Labute approximate surface area is 199 Å². The fraction of sp³-hybridized carbons (Fsp3) is 0.259. The van der Waals surface area contributed by atoms with E-state index >= 15 is 0 Å². The largest absolute Gasteiger partial charge is 0.455 e. The molecule has 33 heavy (non-hydrogen) atoms. The lowest BCUT2D eigenvalue weighted by Gasteiger charge is -2.13. The number of rotatable bonds is 10. The molecule has 5 nitrogen and oxygen atoms in total. The van der Waals surface area contributed by atoms with Gasteiger partial charge in [-0.2, -0.15) is 11.8 Å². The first-order chi connectivity index (χ1) is 15.9. The second-order valence-corrected chi connectivity index (χ2v) is 9.04. The molecule has 0 bridgehead atoms. The van der Waals surface area contributed by atoms with Gasteiger partial charge in [0.25, 0.3) is 0 Å². The minimum Gasteiger partial charge on any atom is -0.455 e. The van der Waals surface area contributed by atoms with Crippen molar-refractivity contribution in [2.75, 3.05) is 22.1 Å². The first-order valence-corrected chi connectivity index (χ1v) is 12.1. The van der Waals surface area contributed by atoms with E-state index in [0.29, 0.717) is 35.8 Å². The quantitative estimate of drug-likeness (QED) is 0.338. The Morgan fingerprint density at radius 3 is 2.24 bits per heavy atom. The van der Waals surface area contributed by atoms with Crippen LogP contribution < -0.4 is 15.4 Å². The molecule has 0 radical (unpaired) electrons. The topological polar surface area (TPSA) is 67.4 Å². The van der Waals surface area contributed by atoms with Crippen molar-refractivity contribution >= 4 is 35.0 Å². The molecule has 0 heterocycles. The molecule has 6 heteroatoms. The summed E-state index contributed by atoms with van der Waals surface area (Å²) in [7, 11) is 0. The number of carbonyl (C=O) groups excluding carboxylic acids is 2. The Balaban J connectivity index is 1.40. The fourth-order valence-electron chi connectivity index (χ4n) is 3.54. The lowest BCUT2D eigenvalue weighted by Crippen LogP contribution is -2.16. The van der Waals surface area contributed by atoms with Gasteiger partial charge in [0.05, 0.1) is 11.4 Å². The number of hydrogen-bond acceptors (Lipinski definition) is 4. The van der Waals surface area contributed by atoms with Gasteiger partial charge in [-0.1, -0.05) is 48.0 Å². The molecular weight excluding hydrogens is 432 g/mol. The Hall–Kier alpha value is -3.25. The van der Waals surface area contributed by atoms with Crippen LogP contribution in [0.5, 0.6) is 11.5 Å². The van der Waals surface area contributed by atoms with Crippen molar-refractivity contribution in [2.24, 2.45) is 0 Å². The highest BCUT2D eigenvalue weighted by atomic mass is 32.2. The summed E-state index contributed by atoms with van der Waals surface area (Å²) in [6.45, 7) is 6.06. The van der Waals surface area contributed by atoms with Gasteiger partial charge in [0.1, 0.15) is 5.75 Å². The first kappa shape index (κ1) is 24.4. The normalized spacial score (nSPS) is 10.5. The van der Waals surface area contributed by atoms with Gasteiger partial charge in [-0.15, -0.1) is 0 Å². The average Bonchev–Trinajstić information content (AvgIpc) is 2.78. The summed E-state index contributed by atoms with van der Waals surface area (Å²) in [6, 6.07) is 21.0. The molecule has 0 aliphatic rings. The number of carbonyl (C=O) groups is 2. The van der Waals surface area contributed by atoms with E-state index in [0.717, 1.165) is 22.6 Å². The highest BCUT2D eigenvalue weighted by Gasteiger charge is 2.10. The van der Waals surface area contributed by atoms with Gasteiger partial charge in [-0.05, 0) is 68.3 Å².